The number of aryl methyl sites for hydroxylation is 2. The molecule has 0 bridgehead atoms. The van der Waals surface area contributed by atoms with Crippen LogP contribution in [0.3, 0.4) is 0 Å². The second kappa shape index (κ2) is 5.94. The van der Waals surface area contributed by atoms with Crippen molar-refractivity contribution in [1.82, 2.24) is 14.7 Å². The summed E-state index contributed by atoms with van der Waals surface area (Å²) in [4.78, 5) is 14.8. The summed E-state index contributed by atoms with van der Waals surface area (Å²) in [6.45, 7) is 6.19. The lowest BCUT2D eigenvalue weighted by Gasteiger charge is -2.33. The van der Waals surface area contributed by atoms with Gasteiger partial charge in [0.05, 0.1) is 5.69 Å². The van der Waals surface area contributed by atoms with Crippen LogP contribution in [0.2, 0.25) is 0 Å². The van der Waals surface area contributed by atoms with E-state index in [1.807, 2.05) is 20.9 Å². The van der Waals surface area contributed by atoms with Crippen LogP contribution in [-0.2, 0) is 11.8 Å². The normalized spacial score (nSPS) is 27.8. The fourth-order valence-electron chi connectivity index (χ4n) is 4.31. The molecular weight excluding hydrogens is 278 g/mol. The van der Waals surface area contributed by atoms with Gasteiger partial charge in [-0.15, -0.1) is 0 Å². The Labute approximate surface area is 132 Å². The van der Waals surface area contributed by atoms with Gasteiger partial charge < -0.3 is 9.64 Å². The van der Waals surface area contributed by atoms with Crippen LogP contribution in [0.25, 0.3) is 0 Å². The predicted octanol–water partition coefficient (Wildman–Crippen LogP) is 2.60. The Morgan fingerprint density at radius 1 is 1.32 bits per heavy atom. The number of nitrogens with zero attached hydrogens (tertiary/aromatic N) is 3. The van der Waals surface area contributed by atoms with Gasteiger partial charge in [0.15, 0.2) is 12.4 Å². The summed E-state index contributed by atoms with van der Waals surface area (Å²) >= 11 is 0. The minimum atomic E-state index is 0.126. The first-order chi connectivity index (χ1) is 10.5. The maximum absolute atomic E-state index is 12.7. The smallest absolute Gasteiger partial charge is 0.261 e. The zero-order valence-electron chi connectivity index (χ0n) is 14.1. The predicted molar refractivity (Wildman–Crippen MR) is 84.8 cm³/mol. The second-order valence-corrected chi connectivity index (χ2v) is 6.91. The maximum Gasteiger partial charge on any atom is 0.261 e. The van der Waals surface area contributed by atoms with Crippen molar-refractivity contribution in [2.45, 2.75) is 65.0 Å². The van der Waals surface area contributed by atoms with Crippen molar-refractivity contribution in [3.63, 3.8) is 0 Å². The van der Waals surface area contributed by atoms with E-state index in [9.17, 15) is 4.79 Å². The van der Waals surface area contributed by atoms with Gasteiger partial charge in [0.1, 0.15) is 5.69 Å². The number of carbonyl (C=O) groups is 1. The number of ether oxygens (including phenoxy) is 1. The molecule has 1 aliphatic carbocycles. The molecule has 0 aromatic carbocycles. The fourth-order valence-corrected chi connectivity index (χ4v) is 4.31. The minimum absolute atomic E-state index is 0.126. The molecule has 2 heterocycles. The Kier molecular flexibility index (Phi) is 4.15. The SMILES string of the molecule is Cc1nn(C)c(C)c1OCC(=O)N1[C@H](C)C[C@H]2CCCC[C@H]21. The van der Waals surface area contributed by atoms with Gasteiger partial charge in [-0.3, -0.25) is 9.48 Å². The summed E-state index contributed by atoms with van der Waals surface area (Å²) in [7, 11) is 1.90. The van der Waals surface area contributed by atoms with Crippen LogP contribution in [0.5, 0.6) is 5.75 Å². The molecular formula is C17H27N3O2. The molecule has 1 aromatic heterocycles. The number of rotatable bonds is 3. The molecule has 0 spiro atoms. The van der Waals surface area contributed by atoms with E-state index in [-0.39, 0.29) is 12.5 Å². The van der Waals surface area contributed by atoms with Crippen molar-refractivity contribution in [2.24, 2.45) is 13.0 Å². The van der Waals surface area contributed by atoms with E-state index in [0.29, 0.717) is 18.0 Å². The fraction of sp³-hybridized carbons (Fsp3) is 0.765. The third kappa shape index (κ3) is 2.61. The lowest BCUT2D eigenvalue weighted by molar-refractivity contribution is -0.136. The van der Waals surface area contributed by atoms with Crippen LogP contribution in [0.4, 0.5) is 0 Å². The molecule has 3 atom stereocenters. The highest BCUT2D eigenvalue weighted by Gasteiger charge is 2.42. The zero-order valence-corrected chi connectivity index (χ0v) is 14.1. The van der Waals surface area contributed by atoms with Gasteiger partial charge in [-0.2, -0.15) is 5.10 Å². The summed E-state index contributed by atoms with van der Waals surface area (Å²) in [5, 5.41) is 4.33. The van der Waals surface area contributed by atoms with Crippen molar-refractivity contribution in [2.75, 3.05) is 6.61 Å². The molecule has 1 aliphatic heterocycles. The van der Waals surface area contributed by atoms with Crippen molar-refractivity contribution in [3.8, 4) is 5.75 Å². The molecule has 2 aliphatic rings. The van der Waals surface area contributed by atoms with Crippen LogP contribution in [-0.4, -0.2) is 39.3 Å². The van der Waals surface area contributed by atoms with Gasteiger partial charge >= 0.3 is 0 Å². The number of carbonyl (C=O) groups excluding carboxylic acids is 1. The monoisotopic (exact) mass is 305 g/mol. The van der Waals surface area contributed by atoms with Crippen LogP contribution in [0.1, 0.15) is 50.4 Å². The molecule has 5 heteroatoms. The Hall–Kier alpha value is -1.52. The third-order valence-electron chi connectivity index (χ3n) is 5.42. The number of hydrogen-bond acceptors (Lipinski definition) is 3. The highest BCUT2D eigenvalue weighted by atomic mass is 16.5. The van der Waals surface area contributed by atoms with Gasteiger partial charge in [-0.25, -0.2) is 0 Å². The Morgan fingerprint density at radius 3 is 2.73 bits per heavy atom. The number of aromatic nitrogens is 2. The molecule has 1 amide bonds. The van der Waals surface area contributed by atoms with Gasteiger partial charge in [0.25, 0.3) is 5.91 Å². The van der Waals surface area contributed by atoms with Gasteiger partial charge in [-0.1, -0.05) is 12.8 Å². The second-order valence-electron chi connectivity index (χ2n) is 6.91. The minimum Gasteiger partial charge on any atom is -0.480 e. The average Bonchev–Trinajstić information content (AvgIpc) is 2.93. The molecule has 2 fully saturated rings. The molecule has 0 radical (unpaired) electrons. The molecule has 22 heavy (non-hydrogen) atoms. The molecule has 5 nitrogen and oxygen atoms in total. The first kappa shape index (κ1) is 15.4. The molecule has 3 rings (SSSR count). The van der Waals surface area contributed by atoms with E-state index in [4.69, 9.17) is 4.74 Å². The van der Waals surface area contributed by atoms with Gasteiger partial charge in [0, 0.05) is 19.1 Å². The third-order valence-corrected chi connectivity index (χ3v) is 5.42. The van der Waals surface area contributed by atoms with Crippen LogP contribution in [0, 0.1) is 19.8 Å². The highest BCUT2D eigenvalue weighted by molar-refractivity contribution is 5.79. The molecule has 1 saturated carbocycles. The van der Waals surface area contributed by atoms with Crippen molar-refractivity contribution >= 4 is 5.91 Å². The number of amides is 1. The Balaban J connectivity index is 1.66. The summed E-state index contributed by atoms with van der Waals surface area (Å²) in [6.07, 6.45) is 6.16. The largest absolute Gasteiger partial charge is 0.480 e. The van der Waals surface area contributed by atoms with E-state index >= 15 is 0 Å². The number of likely N-dealkylation sites (tertiary alicyclic amines) is 1. The maximum atomic E-state index is 12.7. The number of fused-ring (bicyclic) bond motifs is 1. The molecule has 0 unspecified atom stereocenters. The van der Waals surface area contributed by atoms with Gasteiger partial charge in [0.2, 0.25) is 0 Å². The Bertz CT molecular complexity index is 566. The first-order valence-electron chi connectivity index (χ1n) is 8.43. The quantitative estimate of drug-likeness (QED) is 0.862. The standard InChI is InChI=1S/C17H27N3O2/c1-11-9-14-7-5-6-8-15(14)20(11)16(21)10-22-17-12(2)18-19(4)13(17)3/h11,14-15H,5-10H2,1-4H3/t11-,14-,15-/m1/s1. The molecule has 1 aromatic rings. The summed E-state index contributed by atoms with van der Waals surface area (Å²) in [5.74, 6) is 1.59. The van der Waals surface area contributed by atoms with E-state index in [0.717, 1.165) is 30.0 Å². The first-order valence-corrected chi connectivity index (χ1v) is 8.43. The molecule has 122 valence electrons. The van der Waals surface area contributed by atoms with Crippen molar-refractivity contribution in [3.05, 3.63) is 11.4 Å². The van der Waals surface area contributed by atoms with E-state index in [2.05, 4.69) is 16.9 Å². The lowest BCUT2D eigenvalue weighted by atomic mass is 9.85. The van der Waals surface area contributed by atoms with E-state index in [1.54, 1.807) is 4.68 Å². The van der Waals surface area contributed by atoms with Crippen molar-refractivity contribution < 1.29 is 9.53 Å². The molecule has 0 N–H and O–H groups in total. The van der Waals surface area contributed by atoms with E-state index in [1.165, 1.54) is 19.3 Å². The Morgan fingerprint density at radius 2 is 2.05 bits per heavy atom. The summed E-state index contributed by atoms with van der Waals surface area (Å²) in [5.41, 5.74) is 1.81. The van der Waals surface area contributed by atoms with Crippen LogP contribution >= 0.6 is 0 Å². The average molecular weight is 305 g/mol. The van der Waals surface area contributed by atoms with Crippen LogP contribution < -0.4 is 4.74 Å². The van der Waals surface area contributed by atoms with Crippen molar-refractivity contribution in [1.29, 1.82) is 0 Å². The van der Waals surface area contributed by atoms with Crippen LogP contribution in [0.15, 0.2) is 0 Å². The van der Waals surface area contributed by atoms with Gasteiger partial charge in [-0.05, 0) is 46.0 Å². The number of hydrogen-bond donors (Lipinski definition) is 0. The lowest BCUT2D eigenvalue weighted by Crippen LogP contribution is -2.44. The topological polar surface area (TPSA) is 47.4 Å². The highest BCUT2D eigenvalue weighted by Crippen LogP contribution is 2.39. The zero-order chi connectivity index (χ0) is 15.9. The molecule has 1 saturated heterocycles. The summed E-state index contributed by atoms with van der Waals surface area (Å²) < 4.78 is 7.61. The summed E-state index contributed by atoms with van der Waals surface area (Å²) in [6, 6.07) is 0.788. The van der Waals surface area contributed by atoms with E-state index < -0.39 is 0 Å².